The normalized spacial score (nSPS) is 15.2. The van der Waals surface area contributed by atoms with Crippen LogP contribution in [0.1, 0.15) is 31.7 Å². The Morgan fingerprint density at radius 2 is 2.00 bits per heavy atom. The highest BCUT2D eigenvalue weighted by molar-refractivity contribution is 5.23. The van der Waals surface area contributed by atoms with E-state index < -0.39 is 5.82 Å². The highest BCUT2D eigenvalue weighted by Crippen LogP contribution is 2.23. The molecular weight excluding hydrogens is 184 g/mol. The second-order valence-electron chi connectivity index (χ2n) is 3.53. The lowest BCUT2D eigenvalue weighted by atomic mass is 9.92. The van der Waals surface area contributed by atoms with E-state index in [0.717, 1.165) is 18.6 Å². The summed E-state index contributed by atoms with van der Waals surface area (Å²) in [6, 6.07) is 3.34. The molecule has 2 unspecified atom stereocenters. The predicted octanol–water partition coefficient (Wildman–Crippen LogP) is 2.81. The molecule has 1 aromatic rings. The summed E-state index contributed by atoms with van der Waals surface area (Å²) in [6.07, 6.45) is 0.747. The molecule has 1 rings (SSSR count). The molecule has 1 nitrogen and oxygen atoms in total. The quantitative estimate of drug-likeness (QED) is 0.795. The summed E-state index contributed by atoms with van der Waals surface area (Å²) in [5.74, 6) is -0.963. The first-order valence-electron chi connectivity index (χ1n) is 4.76. The molecule has 0 aromatic heterocycles. The van der Waals surface area contributed by atoms with Crippen LogP contribution >= 0.6 is 0 Å². The van der Waals surface area contributed by atoms with Crippen molar-refractivity contribution in [3.63, 3.8) is 0 Å². The van der Waals surface area contributed by atoms with Crippen molar-refractivity contribution in [2.75, 3.05) is 0 Å². The molecule has 0 saturated carbocycles. The van der Waals surface area contributed by atoms with Crippen LogP contribution in [0.15, 0.2) is 18.2 Å². The molecule has 2 N–H and O–H groups in total. The van der Waals surface area contributed by atoms with Crippen LogP contribution in [0.4, 0.5) is 8.78 Å². The largest absolute Gasteiger partial charge is 0.327 e. The number of rotatable bonds is 3. The maximum Gasteiger partial charge on any atom is 0.126 e. The fourth-order valence-corrected chi connectivity index (χ4v) is 1.45. The molecule has 2 atom stereocenters. The van der Waals surface area contributed by atoms with E-state index in [1.807, 2.05) is 13.8 Å². The lowest BCUT2D eigenvalue weighted by Crippen LogP contribution is -2.26. The van der Waals surface area contributed by atoms with Crippen LogP contribution < -0.4 is 5.73 Å². The first-order valence-corrected chi connectivity index (χ1v) is 4.76. The summed E-state index contributed by atoms with van der Waals surface area (Å²) < 4.78 is 26.2. The summed E-state index contributed by atoms with van der Waals surface area (Å²) in [5, 5.41) is 0. The van der Waals surface area contributed by atoms with Crippen molar-refractivity contribution in [1.29, 1.82) is 0 Å². The van der Waals surface area contributed by atoms with E-state index in [2.05, 4.69) is 0 Å². The van der Waals surface area contributed by atoms with Crippen LogP contribution in [0.5, 0.6) is 0 Å². The molecule has 0 saturated heterocycles. The van der Waals surface area contributed by atoms with Gasteiger partial charge in [0.05, 0.1) is 0 Å². The van der Waals surface area contributed by atoms with Gasteiger partial charge in [0.15, 0.2) is 0 Å². The van der Waals surface area contributed by atoms with Gasteiger partial charge in [0, 0.05) is 6.04 Å². The Morgan fingerprint density at radius 3 is 2.57 bits per heavy atom. The highest BCUT2D eigenvalue weighted by atomic mass is 19.1. The van der Waals surface area contributed by atoms with Crippen LogP contribution in [0, 0.1) is 11.6 Å². The number of halogens is 2. The van der Waals surface area contributed by atoms with Crippen molar-refractivity contribution in [3.05, 3.63) is 35.4 Å². The molecule has 0 amide bonds. The fourth-order valence-electron chi connectivity index (χ4n) is 1.45. The van der Waals surface area contributed by atoms with Crippen LogP contribution in [0.3, 0.4) is 0 Å². The molecule has 0 fully saturated rings. The predicted molar refractivity (Wildman–Crippen MR) is 53.0 cm³/mol. The van der Waals surface area contributed by atoms with Crippen LogP contribution in [0.2, 0.25) is 0 Å². The Hall–Kier alpha value is -0.960. The maximum absolute atomic E-state index is 13.3. The Bertz CT molecular complexity index is 312. The van der Waals surface area contributed by atoms with Crippen molar-refractivity contribution < 1.29 is 8.78 Å². The van der Waals surface area contributed by atoms with E-state index in [0.29, 0.717) is 5.56 Å². The number of benzene rings is 1. The van der Waals surface area contributed by atoms with Gasteiger partial charge >= 0.3 is 0 Å². The van der Waals surface area contributed by atoms with E-state index >= 15 is 0 Å². The minimum atomic E-state index is -0.420. The summed E-state index contributed by atoms with van der Waals surface area (Å²) in [4.78, 5) is 0. The number of hydrogen-bond donors (Lipinski definition) is 1. The molecule has 0 bridgehead atoms. The van der Waals surface area contributed by atoms with Crippen LogP contribution in [0.25, 0.3) is 0 Å². The monoisotopic (exact) mass is 199 g/mol. The van der Waals surface area contributed by atoms with Crippen LogP contribution in [-0.4, -0.2) is 6.04 Å². The molecule has 0 aliphatic heterocycles. The minimum Gasteiger partial charge on any atom is -0.327 e. The zero-order chi connectivity index (χ0) is 10.7. The van der Waals surface area contributed by atoms with Gasteiger partial charge in [0.25, 0.3) is 0 Å². The van der Waals surface area contributed by atoms with Gasteiger partial charge in [-0.15, -0.1) is 0 Å². The van der Waals surface area contributed by atoms with Crippen molar-refractivity contribution in [2.24, 2.45) is 5.73 Å². The van der Waals surface area contributed by atoms with E-state index in [1.165, 1.54) is 6.07 Å². The third-order valence-corrected chi connectivity index (χ3v) is 2.56. The topological polar surface area (TPSA) is 26.0 Å². The molecule has 78 valence electrons. The molecule has 0 aliphatic carbocycles. The third-order valence-electron chi connectivity index (χ3n) is 2.56. The standard InChI is InChI=1S/C11H15F2N/c1-3-11(14)7(2)9-6-8(12)4-5-10(9)13/h4-7,11H,3,14H2,1-2H3. The summed E-state index contributed by atoms with van der Waals surface area (Å²) in [6.45, 7) is 3.74. The van der Waals surface area contributed by atoms with Crippen LogP contribution in [-0.2, 0) is 0 Å². The van der Waals surface area contributed by atoms with Crippen molar-refractivity contribution >= 4 is 0 Å². The van der Waals surface area contributed by atoms with Gasteiger partial charge in [-0.05, 0) is 36.1 Å². The summed E-state index contributed by atoms with van der Waals surface area (Å²) in [7, 11) is 0. The minimum absolute atomic E-state index is 0.133. The van der Waals surface area contributed by atoms with Crippen molar-refractivity contribution in [3.8, 4) is 0 Å². The fraction of sp³-hybridized carbons (Fsp3) is 0.455. The molecule has 14 heavy (non-hydrogen) atoms. The zero-order valence-electron chi connectivity index (χ0n) is 8.43. The number of hydrogen-bond acceptors (Lipinski definition) is 1. The molecule has 0 radical (unpaired) electrons. The Labute approximate surface area is 82.9 Å². The van der Waals surface area contributed by atoms with Gasteiger partial charge in [-0.2, -0.15) is 0 Å². The SMILES string of the molecule is CCC(N)C(C)c1cc(F)ccc1F. The molecule has 1 aromatic carbocycles. The van der Waals surface area contributed by atoms with Gasteiger partial charge in [0.2, 0.25) is 0 Å². The first kappa shape index (κ1) is 11.1. The molecule has 0 heterocycles. The Balaban J connectivity index is 2.99. The average molecular weight is 199 g/mol. The van der Waals surface area contributed by atoms with Gasteiger partial charge in [-0.1, -0.05) is 13.8 Å². The summed E-state index contributed by atoms with van der Waals surface area (Å²) in [5.41, 5.74) is 6.14. The molecule has 0 spiro atoms. The number of nitrogens with two attached hydrogens (primary N) is 1. The Kier molecular flexibility index (Phi) is 3.58. The highest BCUT2D eigenvalue weighted by Gasteiger charge is 2.17. The lowest BCUT2D eigenvalue weighted by molar-refractivity contribution is 0.509. The van der Waals surface area contributed by atoms with E-state index in [4.69, 9.17) is 5.73 Å². The Morgan fingerprint density at radius 1 is 1.36 bits per heavy atom. The van der Waals surface area contributed by atoms with Crippen molar-refractivity contribution in [2.45, 2.75) is 32.2 Å². The van der Waals surface area contributed by atoms with E-state index in [-0.39, 0.29) is 17.8 Å². The lowest BCUT2D eigenvalue weighted by Gasteiger charge is -2.19. The van der Waals surface area contributed by atoms with Gasteiger partial charge in [0.1, 0.15) is 11.6 Å². The molecule has 3 heteroatoms. The maximum atomic E-state index is 13.3. The van der Waals surface area contributed by atoms with Gasteiger partial charge < -0.3 is 5.73 Å². The average Bonchev–Trinajstić information content (AvgIpc) is 2.19. The first-order chi connectivity index (χ1) is 6.56. The van der Waals surface area contributed by atoms with E-state index in [1.54, 1.807) is 0 Å². The molecular formula is C11H15F2N. The smallest absolute Gasteiger partial charge is 0.126 e. The zero-order valence-corrected chi connectivity index (χ0v) is 8.43. The van der Waals surface area contributed by atoms with Gasteiger partial charge in [-0.25, -0.2) is 8.78 Å². The van der Waals surface area contributed by atoms with Crippen molar-refractivity contribution in [1.82, 2.24) is 0 Å². The summed E-state index contributed by atoms with van der Waals surface area (Å²) >= 11 is 0. The van der Waals surface area contributed by atoms with Gasteiger partial charge in [-0.3, -0.25) is 0 Å². The third kappa shape index (κ3) is 2.29. The second-order valence-corrected chi connectivity index (χ2v) is 3.53. The van der Waals surface area contributed by atoms with E-state index in [9.17, 15) is 8.78 Å². The molecule has 0 aliphatic rings. The second kappa shape index (κ2) is 4.51.